The maximum atomic E-state index is 12.0. The fourth-order valence-corrected chi connectivity index (χ4v) is 3.21. The maximum Gasteiger partial charge on any atom is 0.319 e. The third-order valence-electron chi connectivity index (χ3n) is 4.60. The molecule has 2 aromatic rings. The topological polar surface area (TPSA) is 72.1 Å². The van der Waals surface area contributed by atoms with Crippen molar-refractivity contribution in [1.29, 1.82) is 0 Å². The number of rotatable bonds is 6. The van der Waals surface area contributed by atoms with Crippen molar-refractivity contribution in [3.05, 3.63) is 42.5 Å². The van der Waals surface area contributed by atoms with E-state index in [0.717, 1.165) is 24.5 Å². The average molecular weight is 369 g/mol. The standard InChI is InChI=1S/C20H23N3O4/c24-20(22-15-3-5-16(6-4-15)23-10-1-2-11-23)21-9-12-25-17-7-8-18-19(13-17)27-14-26-18/h3-8,13H,1-2,9-12,14H2,(H2,21,22,24). The highest BCUT2D eigenvalue weighted by Gasteiger charge is 2.14. The minimum atomic E-state index is -0.252. The van der Waals surface area contributed by atoms with Gasteiger partial charge in [-0.25, -0.2) is 4.79 Å². The van der Waals surface area contributed by atoms with Crippen LogP contribution in [0.4, 0.5) is 16.2 Å². The Kier molecular flexibility index (Phi) is 5.18. The van der Waals surface area contributed by atoms with E-state index in [1.165, 1.54) is 18.5 Å². The zero-order valence-electron chi connectivity index (χ0n) is 15.1. The first-order chi connectivity index (χ1) is 13.3. The van der Waals surface area contributed by atoms with Gasteiger partial charge >= 0.3 is 6.03 Å². The zero-order valence-corrected chi connectivity index (χ0v) is 15.1. The van der Waals surface area contributed by atoms with E-state index in [2.05, 4.69) is 15.5 Å². The molecule has 4 rings (SSSR count). The number of carbonyl (C=O) groups is 1. The van der Waals surface area contributed by atoms with Crippen LogP contribution >= 0.6 is 0 Å². The molecular weight excluding hydrogens is 346 g/mol. The molecule has 2 amide bonds. The normalized spacial score (nSPS) is 14.9. The van der Waals surface area contributed by atoms with Crippen LogP contribution in [0.1, 0.15) is 12.8 Å². The second kappa shape index (κ2) is 8.07. The van der Waals surface area contributed by atoms with Crippen molar-refractivity contribution in [3.8, 4) is 17.2 Å². The quantitative estimate of drug-likeness (QED) is 0.765. The van der Waals surface area contributed by atoms with E-state index < -0.39 is 0 Å². The molecule has 7 heteroatoms. The highest BCUT2D eigenvalue weighted by molar-refractivity contribution is 5.89. The monoisotopic (exact) mass is 369 g/mol. The molecule has 0 atom stereocenters. The summed E-state index contributed by atoms with van der Waals surface area (Å²) in [7, 11) is 0. The van der Waals surface area contributed by atoms with Crippen LogP contribution in [-0.2, 0) is 0 Å². The highest BCUT2D eigenvalue weighted by atomic mass is 16.7. The lowest BCUT2D eigenvalue weighted by atomic mass is 10.2. The third kappa shape index (κ3) is 4.36. The fourth-order valence-electron chi connectivity index (χ4n) is 3.21. The number of carbonyl (C=O) groups excluding carboxylic acids is 1. The number of hydrogen-bond donors (Lipinski definition) is 2. The van der Waals surface area contributed by atoms with Gasteiger partial charge in [0.1, 0.15) is 12.4 Å². The number of benzene rings is 2. The highest BCUT2D eigenvalue weighted by Crippen LogP contribution is 2.35. The van der Waals surface area contributed by atoms with Crippen molar-refractivity contribution in [1.82, 2.24) is 5.32 Å². The van der Waals surface area contributed by atoms with Crippen LogP contribution in [-0.4, -0.2) is 39.1 Å². The lowest BCUT2D eigenvalue weighted by Gasteiger charge is -2.17. The molecular formula is C20H23N3O4. The largest absolute Gasteiger partial charge is 0.492 e. The fraction of sp³-hybridized carbons (Fsp3) is 0.350. The first-order valence-electron chi connectivity index (χ1n) is 9.20. The third-order valence-corrected chi connectivity index (χ3v) is 4.60. The summed E-state index contributed by atoms with van der Waals surface area (Å²) in [4.78, 5) is 14.4. The number of hydrogen-bond acceptors (Lipinski definition) is 5. The average Bonchev–Trinajstić information content (AvgIpc) is 3.37. The molecule has 142 valence electrons. The van der Waals surface area contributed by atoms with E-state index in [0.29, 0.717) is 24.7 Å². The Morgan fingerprint density at radius 2 is 1.81 bits per heavy atom. The molecule has 0 radical (unpaired) electrons. The van der Waals surface area contributed by atoms with E-state index in [-0.39, 0.29) is 12.8 Å². The zero-order chi connectivity index (χ0) is 18.5. The van der Waals surface area contributed by atoms with Gasteiger partial charge in [0.25, 0.3) is 0 Å². The van der Waals surface area contributed by atoms with E-state index in [4.69, 9.17) is 14.2 Å². The van der Waals surface area contributed by atoms with E-state index in [9.17, 15) is 4.79 Å². The van der Waals surface area contributed by atoms with Crippen LogP contribution in [0.3, 0.4) is 0 Å². The summed E-state index contributed by atoms with van der Waals surface area (Å²) in [5.74, 6) is 2.07. The Morgan fingerprint density at radius 1 is 1.04 bits per heavy atom. The van der Waals surface area contributed by atoms with Crippen molar-refractivity contribution in [2.45, 2.75) is 12.8 Å². The van der Waals surface area contributed by atoms with Gasteiger partial charge in [0, 0.05) is 30.5 Å². The summed E-state index contributed by atoms with van der Waals surface area (Å²) in [5, 5.41) is 5.61. The summed E-state index contributed by atoms with van der Waals surface area (Å²) < 4.78 is 16.2. The molecule has 0 bridgehead atoms. The Morgan fingerprint density at radius 3 is 2.63 bits per heavy atom. The number of amides is 2. The molecule has 2 aromatic carbocycles. The predicted molar refractivity (Wildman–Crippen MR) is 103 cm³/mol. The SMILES string of the molecule is O=C(NCCOc1ccc2c(c1)OCO2)Nc1ccc(N2CCCC2)cc1. The molecule has 7 nitrogen and oxygen atoms in total. The summed E-state index contributed by atoms with van der Waals surface area (Å²) >= 11 is 0. The minimum absolute atomic E-state index is 0.236. The molecule has 0 aromatic heterocycles. The van der Waals surface area contributed by atoms with Crippen LogP contribution in [0.2, 0.25) is 0 Å². The van der Waals surface area contributed by atoms with Crippen LogP contribution in [0.15, 0.2) is 42.5 Å². The Hall–Kier alpha value is -3.09. The molecule has 0 unspecified atom stereocenters. The number of fused-ring (bicyclic) bond motifs is 1. The van der Waals surface area contributed by atoms with Gasteiger partial charge in [-0.05, 0) is 49.2 Å². The van der Waals surface area contributed by atoms with Crippen molar-refractivity contribution in [3.63, 3.8) is 0 Å². The number of ether oxygens (including phenoxy) is 3. The van der Waals surface area contributed by atoms with Crippen LogP contribution in [0, 0.1) is 0 Å². The van der Waals surface area contributed by atoms with Gasteiger partial charge in [-0.3, -0.25) is 0 Å². The second-order valence-electron chi connectivity index (χ2n) is 6.49. The van der Waals surface area contributed by atoms with Gasteiger partial charge in [0.2, 0.25) is 6.79 Å². The van der Waals surface area contributed by atoms with E-state index in [1.54, 1.807) is 6.07 Å². The van der Waals surface area contributed by atoms with Crippen LogP contribution in [0.5, 0.6) is 17.2 Å². The Bertz CT molecular complexity index is 788. The molecule has 27 heavy (non-hydrogen) atoms. The van der Waals surface area contributed by atoms with Crippen LogP contribution < -0.4 is 29.7 Å². The lowest BCUT2D eigenvalue weighted by Crippen LogP contribution is -2.32. The van der Waals surface area contributed by atoms with E-state index in [1.807, 2.05) is 36.4 Å². The molecule has 2 heterocycles. The Balaban J connectivity index is 1.18. The summed E-state index contributed by atoms with van der Waals surface area (Å²) in [5.41, 5.74) is 1.97. The lowest BCUT2D eigenvalue weighted by molar-refractivity contribution is 0.173. The molecule has 2 aliphatic heterocycles. The molecule has 1 fully saturated rings. The summed E-state index contributed by atoms with van der Waals surface area (Å²) in [6.45, 7) is 3.21. The molecule has 2 aliphatic rings. The minimum Gasteiger partial charge on any atom is -0.492 e. The number of anilines is 2. The van der Waals surface area contributed by atoms with Crippen molar-refractivity contribution >= 4 is 17.4 Å². The first kappa shape index (κ1) is 17.3. The molecule has 1 saturated heterocycles. The predicted octanol–water partition coefficient (Wildman–Crippen LogP) is 3.22. The van der Waals surface area contributed by atoms with Crippen molar-refractivity contribution in [2.75, 3.05) is 43.3 Å². The van der Waals surface area contributed by atoms with Crippen LogP contribution in [0.25, 0.3) is 0 Å². The van der Waals surface area contributed by atoms with Gasteiger partial charge in [-0.2, -0.15) is 0 Å². The van der Waals surface area contributed by atoms with Crippen molar-refractivity contribution < 1.29 is 19.0 Å². The summed E-state index contributed by atoms with van der Waals surface area (Å²) in [6, 6.07) is 13.1. The molecule has 2 N–H and O–H groups in total. The maximum absolute atomic E-state index is 12.0. The van der Waals surface area contributed by atoms with Gasteiger partial charge < -0.3 is 29.7 Å². The number of nitrogens with one attached hydrogen (secondary N) is 2. The van der Waals surface area contributed by atoms with Gasteiger partial charge in [-0.15, -0.1) is 0 Å². The van der Waals surface area contributed by atoms with Crippen molar-refractivity contribution in [2.24, 2.45) is 0 Å². The van der Waals surface area contributed by atoms with Gasteiger partial charge in [-0.1, -0.05) is 0 Å². The molecule has 0 saturated carbocycles. The van der Waals surface area contributed by atoms with Gasteiger partial charge in [0.15, 0.2) is 11.5 Å². The number of nitrogens with zero attached hydrogens (tertiary/aromatic N) is 1. The molecule has 0 spiro atoms. The second-order valence-corrected chi connectivity index (χ2v) is 6.49. The smallest absolute Gasteiger partial charge is 0.319 e. The Labute approximate surface area is 158 Å². The van der Waals surface area contributed by atoms with E-state index >= 15 is 0 Å². The number of urea groups is 1. The summed E-state index contributed by atoms with van der Waals surface area (Å²) in [6.07, 6.45) is 2.49. The molecule has 0 aliphatic carbocycles. The van der Waals surface area contributed by atoms with Gasteiger partial charge in [0.05, 0.1) is 6.54 Å². The first-order valence-corrected chi connectivity index (χ1v) is 9.20.